The van der Waals surface area contributed by atoms with Gasteiger partial charge in [0, 0.05) is 24.9 Å². The van der Waals surface area contributed by atoms with Crippen LogP contribution < -0.4 is 0 Å². The second kappa shape index (κ2) is 4.50. The number of carbonyl (C=O) groups is 2. The Hall–Kier alpha value is -0.970. The molecular weight excluding hydrogens is 202 g/mol. The second-order valence-electron chi connectivity index (χ2n) is 2.93. The van der Waals surface area contributed by atoms with Gasteiger partial charge in [-0.3, -0.25) is 4.79 Å². The third kappa shape index (κ3) is 2.09. The van der Waals surface area contributed by atoms with Gasteiger partial charge in [0.05, 0.1) is 7.11 Å². The van der Waals surface area contributed by atoms with Crippen LogP contribution in [0, 0.1) is 0 Å². The Morgan fingerprint density at radius 2 is 2.14 bits per heavy atom. The minimum absolute atomic E-state index is 0.0378. The van der Waals surface area contributed by atoms with Gasteiger partial charge in [-0.05, 0) is 6.92 Å². The number of amides is 1. The zero-order chi connectivity index (χ0) is 10.7. The molecule has 1 rings (SSSR count). The van der Waals surface area contributed by atoms with Gasteiger partial charge in [-0.2, -0.15) is 0 Å². The Morgan fingerprint density at radius 3 is 2.64 bits per heavy atom. The molecule has 1 heterocycles. The molecule has 0 N–H and O–H groups in total. The van der Waals surface area contributed by atoms with Crippen molar-refractivity contribution in [2.75, 3.05) is 19.4 Å². The fourth-order valence-electron chi connectivity index (χ4n) is 1.33. The van der Waals surface area contributed by atoms with E-state index in [1.807, 2.05) is 0 Å². The molecule has 0 fully saturated rings. The van der Waals surface area contributed by atoms with Crippen LogP contribution in [0.3, 0.4) is 0 Å². The van der Waals surface area contributed by atoms with Crippen molar-refractivity contribution in [3.05, 3.63) is 10.6 Å². The molecule has 78 valence electrons. The molecule has 0 atom stereocenters. The number of ether oxygens (including phenoxy) is 1. The van der Waals surface area contributed by atoms with Crippen LogP contribution in [0.15, 0.2) is 10.6 Å². The lowest BCUT2D eigenvalue weighted by Crippen LogP contribution is -2.33. The Morgan fingerprint density at radius 1 is 1.50 bits per heavy atom. The first kappa shape index (κ1) is 11.1. The standard InChI is InChI=1S/C9H13NO3S/c1-6-8(9(12)13-3)14-5-4-10(6)7(2)11/h4-5H2,1-3H3. The van der Waals surface area contributed by atoms with E-state index in [1.165, 1.54) is 25.8 Å². The van der Waals surface area contributed by atoms with Crippen LogP contribution in [0.5, 0.6) is 0 Å². The minimum atomic E-state index is -0.363. The van der Waals surface area contributed by atoms with Crippen molar-refractivity contribution in [1.29, 1.82) is 0 Å². The van der Waals surface area contributed by atoms with Crippen LogP contribution in [0.1, 0.15) is 13.8 Å². The largest absolute Gasteiger partial charge is 0.465 e. The van der Waals surface area contributed by atoms with E-state index in [9.17, 15) is 9.59 Å². The lowest BCUT2D eigenvalue weighted by Gasteiger charge is -2.27. The summed E-state index contributed by atoms with van der Waals surface area (Å²) in [5.41, 5.74) is 0.695. The van der Waals surface area contributed by atoms with Crippen LogP contribution in [0.4, 0.5) is 0 Å². The zero-order valence-electron chi connectivity index (χ0n) is 8.49. The normalized spacial score (nSPS) is 16.9. The fraction of sp³-hybridized carbons (Fsp3) is 0.556. The maximum absolute atomic E-state index is 11.3. The van der Waals surface area contributed by atoms with Gasteiger partial charge >= 0.3 is 5.97 Å². The van der Waals surface area contributed by atoms with E-state index >= 15 is 0 Å². The van der Waals surface area contributed by atoms with Crippen LogP contribution >= 0.6 is 11.8 Å². The summed E-state index contributed by atoms with van der Waals surface area (Å²) < 4.78 is 4.63. The number of hydrogen-bond acceptors (Lipinski definition) is 4. The van der Waals surface area contributed by atoms with Gasteiger partial charge in [-0.25, -0.2) is 4.79 Å². The molecule has 14 heavy (non-hydrogen) atoms. The molecule has 4 nitrogen and oxygen atoms in total. The number of esters is 1. The molecule has 0 saturated carbocycles. The van der Waals surface area contributed by atoms with Gasteiger partial charge in [-0.1, -0.05) is 0 Å². The average Bonchev–Trinajstić information content (AvgIpc) is 2.16. The van der Waals surface area contributed by atoms with Gasteiger partial charge in [0.15, 0.2) is 0 Å². The summed E-state index contributed by atoms with van der Waals surface area (Å²) in [7, 11) is 1.34. The molecule has 1 aliphatic heterocycles. The molecule has 0 unspecified atom stereocenters. The molecule has 5 heteroatoms. The summed E-state index contributed by atoms with van der Waals surface area (Å²) in [5.74, 6) is 0.337. The first-order chi connectivity index (χ1) is 6.57. The van der Waals surface area contributed by atoms with Gasteiger partial charge < -0.3 is 9.64 Å². The van der Waals surface area contributed by atoms with Crippen molar-refractivity contribution in [2.24, 2.45) is 0 Å². The van der Waals surface area contributed by atoms with Gasteiger partial charge in [-0.15, -0.1) is 11.8 Å². The maximum Gasteiger partial charge on any atom is 0.346 e. The number of hydrogen-bond donors (Lipinski definition) is 0. The van der Waals surface area contributed by atoms with Crippen LogP contribution in [-0.4, -0.2) is 36.2 Å². The SMILES string of the molecule is COC(=O)C1=C(C)N(C(C)=O)CCS1. The van der Waals surface area contributed by atoms with E-state index in [0.717, 1.165) is 5.75 Å². The first-order valence-corrected chi connectivity index (χ1v) is 5.26. The van der Waals surface area contributed by atoms with Gasteiger partial charge in [0.25, 0.3) is 0 Å². The molecule has 1 amide bonds. The van der Waals surface area contributed by atoms with Gasteiger partial charge in [0.2, 0.25) is 5.91 Å². The Bertz CT molecular complexity index is 298. The summed E-state index contributed by atoms with van der Waals surface area (Å²) in [6.07, 6.45) is 0. The third-order valence-electron chi connectivity index (χ3n) is 2.05. The predicted molar refractivity (Wildman–Crippen MR) is 54.6 cm³/mol. The number of nitrogens with zero attached hydrogens (tertiary/aromatic N) is 1. The zero-order valence-corrected chi connectivity index (χ0v) is 9.31. The van der Waals surface area contributed by atoms with E-state index in [4.69, 9.17) is 0 Å². The lowest BCUT2D eigenvalue weighted by molar-refractivity contribution is -0.135. The number of carbonyl (C=O) groups excluding carboxylic acids is 2. The molecule has 0 aromatic carbocycles. The minimum Gasteiger partial charge on any atom is -0.465 e. The van der Waals surface area contributed by atoms with Crippen molar-refractivity contribution in [2.45, 2.75) is 13.8 Å². The predicted octanol–water partition coefficient (Wildman–Crippen LogP) is 0.986. The maximum atomic E-state index is 11.3. The van der Waals surface area contributed by atoms with E-state index in [1.54, 1.807) is 11.8 Å². The lowest BCUT2D eigenvalue weighted by atomic mass is 10.3. The summed E-state index contributed by atoms with van der Waals surface area (Å²) in [6, 6.07) is 0. The first-order valence-electron chi connectivity index (χ1n) is 4.28. The van der Waals surface area contributed by atoms with Crippen molar-refractivity contribution >= 4 is 23.6 Å². The van der Waals surface area contributed by atoms with Crippen molar-refractivity contribution < 1.29 is 14.3 Å². The molecule has 0 radical (unpaired) electrons. The van der Waals surface area contributed by atoms with E-state index in [2.05, 4.69) is 4.74 Å². The highest BCUT2D eigenvalue weighted by molar-refractivity contribution is 8.04. The molecular formula is C9H13NO3S. The average molecular weight is 215 g/mol. The summed E-state index contributed by atoms with van der Waals surface area (Å²) in [5, 5.41) is 0. The molecule has 0 aromatic rings. The number of allylic oxidation sites excluding steroid dienone is 1. The van der Waals surface area contributed by atoms with Crippen LogP contribution in [0.25, 0.3) is 0 Å². The Kier molecular flexibility index (Phi) is 3.57. The van der Waals surface area contributed by atoms with E-state index in [0.29, 0.717) is 17.1 Å². The van der Waals surface area contributed by atoms with Gasteiger partial charge in [0.1, 0.15) is 4.91 Å². The molecule has 0 bridgehead atoms. The Balaban J connectivity index is 2.96. The van der Waals surface area contributed by atoms with Crippen molar-refractivity contribution in [3.63, 3.8) is 0 Å². The Labute approximate surface area is 87.3 Å². The smallest absolute Gasteiger partial charge is 0.346 e. The fourth-order valence-corrected chi connectivity index (χ4v) is 2.32. The summed E-state index contributed by atoms with van der Waals surface area (Å²) in [4.78, 5) is 24.6. The van der Waals surface area contributed by atoms with Crippen LogP contribution in [0.2, 0.25) is 0 Å². The highest BCUT2D eigenvalue weighted by atomic mass is 32.2. The summed E-state index contributed by atoms with van der Waals surface area (Å²) in [6.45, 7) is 3.92. The topological polar surface area (TPSA) is 46.6 Å². The van der Waals surface area contributed by atoms with Crippen molar-refractivity contribution in [3.8, 4) is 0 Å². The monoisotopic (exact) mass is 215 g/mol. The van der Waals surface area contributed by atoms with E-state index < -0.39 is 0 Å². The highest BCUT2D eigenvalue weighted by Crippen LogP contribution is 2.28. The number of thioether (sulfide) groups is 1. The highest BCUT2D eigenvalue weighted by Gasteiger charge is 2.24. The van der Waals surface area contributed by atoms with E-state index in [-0.39, 0.29) is 11.9 Å². The molecule has 0 aromatic heterocycles. The van der Waals surface area contributed by atoms with Crippen molar-refractivity contribution in [1.82, 2.24) is 4.90 Å². The molecule has 0 aliphatic carbocycles. The quantitative estimate of drug-likeness (QED) is 0.612. The summed E-state index contributed by atoms with van der Waals surface area (Å²) >= 11 is 1.44. The number of methoxy groups -OCH3 is 1. The van der Waals surface area contributed by atoms with Crippen LogP contribution in [-0.2, 0) is 14.3 Å². The molecule has 1 aliphatic rings. The second-order valence-corrected chi connectivity index (χ2v) is 4.03. The third-order valence-corrected chi connectivity index (χ3v) is 3.18. The molecule has 0 spiro atoms. The molecule has 0 saturated heterocycles. The number of rotatable bonds is 1.